The number of carbonyl (C=O) groups excluding carboxylic acids is 1. The highest BCUT2D eigenvalue weighted by Crippen LogP contribution is 2.29. The lowest BCUT2D eigenvalue weighted by atomic mass is 10.2. The summed E-state index contributed by atoms with van der Waals surface area (Å²) < 4.78 is 12.4. The number of anilines is 1. The number of ether oxygens (including phenoxy) is 2. The van der Waals surface area contributed by atoms with Crippen LogP contribution in [0.1, 0.15) is 11.1 Å². The Morgan fingerprint density at radius 1 is 1.00 bits per heavy atom. The summed E-state index contributed by atoms with van der Waals surface area (Å²) in [6.07, 6.45) is 3.24. The highest BCUT2D eigenvalue weighted by Gasteiger charge is 2.06. The van der Waals surface area contributed by atoms with Crippen LogP contribution in [-0.4, -0.2) is 13.0 Å². The lowest BCUT2D eigenvalue weighted by Gasteiger charge is -2.11. The molecular formula is C23H20INO3. The van der Waals surface area contributed by atoms with E-state index in [1.54, 1.807) is 13.2 Å². The highest BCUT2D eigenvalue weighted by atomic mass is 127. The van der Waals surface area contributed by atoms with E-state index in [4.69, 9.17) is 9.47 Å². The molecular weight excluding hydrogens is 465 g/mol. The summed E-state index contributed by atoms with van der Waals surface area (Å²) in [5.41, 5.74) is 2.69. The lowest BCUT2D eigenvalue weighted by Crippen LogP contribution is -2.07. The van der Waals surface area contributed by atoms with Crippen molar-refractivity contribution in [2.45, 2.75) is 6.61 Å². The standard InChI is InChI=1S/C23H20INO3/c1-27-22-15-17(7-13-21(22)28-16-18-5-3-2-4-6-18)8-14-23(26)25-20-11-9-19(24)10-12-20/h2-15H,16H2,1H3,(H,25,26)/b14-8+. The molecule has 142 valence electrons. The van der Waals surface area contributed by atoms with Crippen molar-refractivity contribution in [3.05, 3.63) is 93.6 Å². The Hall–Kier alpha value is -2.80. The molecule has 0 bridgehead atoms. The normalized spacial score (nSPS) is 10.6. The summed E-state index contributed by atoms with van der Waals surface area (Å²) in [4.78, 5) is 12.1. The van der Waals surface area contributed by atoms with Crippen molar-refractivity contribution < 1.29 is 14.3 Å². The molecule has 3 aromatic carbocycles. The van der Waals surface area contributed by atoms with E-state index in [-0.39, 0.29) is 5.91 Å². The van der Waals surface area contributed by atoms with E-state index in [0.29, 0.717) is 18.1 Å². The number of carbonyl (C=O) groups is 1. The first-order valence-corrected chi connectivity index (χ1v) is 9.81. The maximum atomic E-state index is 12.1. The molecule has 0 unspecified atom stereocenters. The largest absolute Gasteiger partial charge is 0.493 e. The molecule has 0 saturated heterocycles. The van der Waals surface area contributed by atoms with Crippen molar-refractivity contribution in [1.29, 1.82) is 0 Å². The van der Waals surface area contributed by atoms with Gasteiger partial charge < -0.3 is 14.8 Å². The van der Waals surface area contributed by atoms with Gasteiger partial charge in [-0.05, 0) is 76.2 Å². The van der Waals surface area contributed by atoms with Crippen molar-refractivity contribution >= 4 is 40.3 Å². The van der Waals surface area contributed by atoms with Gasteiger partial charge in [-0.15, -0.1) is 0 Å². The molecule has 0 aliphatic carbocycles. The topological polar surface area (TPSA) is 47.6 Å². The van der Waals surface area contributed by atoms with Crippen molar-refractivity contribution in [2.75, 3.05) is 12.4 Å². The summed E-state index contributed by atoms with van der Waals surface area (Å²) in [7, 11) is 1.60. The molecule has 0 atom stereocenters. The van der Waals surface area contributed by atoms with Gasteiger partial charge in [0.05, 0.1) is 7.11 Å². The van der Waals surface area contributed by atoms with Crippen molar-refractivity contribution in [3.8, 4) is 11.5 Å². The minimum Gasteiger partial charge on any atom is -0.493 e. The molecule has 5 heteroatoms. The molecule has 3 rings (SSSR count). The predicted molar refractivity (Wildman–Crippen MR) is 121 cm³/mol. The molecule has 0 fully saturated rings. The number of rotatable bonds is 7. The summed E-state index contributed by atoms with van der Waals surface area (Å²) in [5.74, 6) is 1.09. The molecule has 0 aliphatic rings. The fraction of sp³-hybridized carbons (Fsp3) is 0.0870. The van der Waals surface area contributed by atoms with E-state index in [1.165, 1.54) is 6.08 Å². The monoisotopic (exact) mass is 485 g/mol. The Labute approximate surface area is 178 Å². The molecule has 0 radical (unpaired) electrons. The van der Waals surface area contributed by atoms with Gasteiger partial charge in [-0.25, -0.2) is 0 Å². The maximum Gasteiger partial charge on any atom is 0.248 e. The summed E-state index contributed by atoms with van der Waals surface area (Å²) >= 11 is 2.22. The fourth-order valence-corrected chi connectivity index (χ4v) is 2.89. The number of hydrogen-bond donors (Lipinski definition) is 1. The third-order valence-corrected chi connectivity index (χ3v) is 4.68. The Balaban J connectivity index is 1.63. The molecule has 1 amide bonds. The fourth-order valence-electron chi connectivity index (χ4n) is 2.53. The molecule has 0 spiro atoms. The van der Waals surface area contributed by atoms with Gasteiger partial charge in [0.25, 0.3) is 0 Å². The van der Waals surface area contributed by atoms with Gasteiger partial charge in [-0.2, -0.15) is 0 Å². The third kappa shape index (κ3) is 5.85. The predicted octanol–water partition coefficient (Wildman–Crippen LogP) is 5.53. The summed E-state index contributed by atoms with van der Waals surface area (Å²) in [6.45, 7) is 0.463. The van der Waals surface area contributed by atoms with Gasteiger partial charge in [0, 0.05) is 15.3 Å². The van der Waals surface area contributed by atoms with Gasteiger partial charge in [-0.1, -0.05) is 36.4 Å². The Kier molecular flexibility index (Phi) is 7.08. The SMILES string of the molecule is COc1cc(/C=C/C(=O)Nc2ccc(I)cc2)ccc1OCc1ccccc1. The van der Waals surface area contributed by atoms with Crippen LogP contribution in [0.15, 0.2) is 78.9 Å². The summed E-state index contributed by atoms with van der Waals surface area (Å²) in [6, 6.07) is 23.1. The van der Waals surface area contributed by atoms with Crippen LogP contribution >= 0.6 is 22.6 Å². The maximum absolute atomic E-state index is 12.1. The van der Waals surface area contributed by atoms with E-state index >= 15 is 0 Å². The number of amides is 1. The van der Waals surface area contributed by atoms with E-state index in [0.717, 1.165) is 20.4 Å². The van der Waals surface area contributed by atoms with Crippen LogP contribution in [0.25, 0.3) is 6.08 Å². The zero-order valence-electron chi connectivity index (χ0n) is 15.4. The number of methoxy groups -OCH3 is 1. The number of hydrogen-bond acceptors (Lipinski definition) is 3. The van der Waals surface area contributed by atoms with Crippen LogP contribution in [0.3, 0.4) is 0 Å². The number of halogens is 1. The molecule has 0 aromatic heterocycles. The molecule has 28 heavy (non-hydrogen) atoms. The highest BCUT2D eigenvalue weighted by molar-refractivity contribution is 14.1. The first-order chi connectivity index (χ1) is 13.6. The average molecular weight is 485 g/mol. The molecule has 0 aliphatic heterocycles. The van der Waals surface area contributed by atoms with Gasteiger partial charge in [0.1, 0.15) is 6.61 Å². The van der Waals surface area contributed by atoms with E-state index in [2.05, 4.69) is 27.9 Å². The first-order valence-electron chi connectivity index (χ1n) is 8.73. The van der Waals surface area contributed by atoms with Crippen LogP contribution in [0.2, 0.25) is 0 Å². The Morgan fingerprint density at radius 2 is 1.75 bits per heavy atom. The molecule has 0 heterocycles. The molecule has 3 aromatic rings. The Bertz CT molecular complexity index is 953. The van der Waals surface area contributed by atoms with Crippen molar-refractivity contribution in [1.82, 2.24) is 0 Å². The number of benzene rings is 3. The molecule has 0 saturated carbocycles. The second-order valence-electron chi connectivity index (χ2n) is 6.01. The van der Waals surface area contributed by atoms with Crippen LogP contribution in [-0.2, 0) is 11.4 Å². The van der Waals surface area contributed by atoms with Gasteiger partial charge >= 0.3 is 0 Å². The molecule has 4 nitrogen and oxygen atoms in total. The minimum atomic E-state index is -0.190. The minimum absolute atomic E-state index is 0.190. The van der Waals surface area contributed by atoms with Gasteiger partial charge in [-0.3, -0.25) is 4.79 Å². The zero-order valence-corrected chi connectivity index (χ0v) is 17.6. The lowest BCUT2D eigenvalue weighted by molar-refractivity contribution is -0.111. The Morgan fingerprint density at radius 3 is 2.46 bits per heavy atom. The van der Waals surface area contributed by atoms with Crippen LogP contribution in [0.4, 0.5) is 5.69 Å². The quantitative estimate of drug-likeness (QED) is 0.354. The van der Waals surface area contributed by atoms with E-state index in [9.17, 15) is 4.79 Å². The van der Waals surface area contributed by atoms with E-state index < -0.39 is 0 Å². The van der Waals surface area contributed by atoms with Gasteiger partial charge in [0.15, 0.2) is 11.5 Å². The van der Waals surface area contributed by atoms with Crippen molar-refractivity contribution in [3.63, 3.8) is 0 Å². The smallest absolute Gasteiger partial charge is 0.248 e. The third-order valence-electron chi connectivity index (χ3n) is 3.96. The van der Waals surface area contributed by atoms with Gasteiger partial charge in [0.2, 0.25) is 5.91 Å². The first kappa shape index (κ1) is 19.9. The van der Waals surface area contributed by atoms with Crippen LogP contribution in [0.5, 0.6) is 11.5 Å². The van der Waals surface area contributed by atoms with Crippen molar-refractivity contribution in [2.24, 2.45) is 0 Å². The average Bonchev–Trinajstić information content (AvgIpc) is 2.73. The summed E-state index contributed by atoms with van der Waals surface area (Å²) in [5, 5.41) is 2.83. The van der Waals surface area contributed by atoms with Crippen LogP contribution in [0, 0.1) is 3.57 Å². The number of nitrogens with one attached hydrogen (secondary N) is 1. The van der Waals surface area contributed by atoms with E-state index in [1.807, 2.05) is 72.8 Å². The second kappa shape index (κ2) is 9.94. The molecule has 1 N–H and O–H groups in total. The van der Waals surface area contributed by atoms with Crippen LogP contribution < -0.4 is 14.8 Å². The second-order valence-corrected chi connectivity index (χ2v) is 7.26. The zero-order chi connectivity index (χ0) is 19.8.